The molecule has 2 aromatic rings. The predicted molar refractivity (Wildman–Crippen MR) is 98.6 cm³/mol. The lowest BCUT2D eigenvalue weighted by atomic mass is 10.0. The molecule has 1 N–H and O–H groups in total. The summed E-state index contributed by atoms with van der Waals surface area (Å²) < 4.78 is 15.6. The summed E-state index contributed by atoms with van der Waals surface area (Å²) in [5, 5.41) is 2.63. The van der Waals surface area contributed by atoms with Gasteiger partial charge in [-0.15, -0.1) is 0 Å². The number of hydrogen-bond donors (Lipinski definition) is 1. The molecule has 6 heteroatoms. The Labute approximate surface area is 153 Å². The molecule has 6 nitrogen and oxygen atoms in total. The van der Waals surface area contributed by atoms with Crippen molar-refractivity contribution < 1.29 is 23.8 Å². The van der Waals surface area contributed by atoms with Crippen LogP contribution in [0.4, 0.5) is 5.69 Å². The van der Waals surface area contributed by atoms with Gasteiger partial charge in [-0.05, 0) is 29.7 Å². The lowest BCUT2D eigenvalue weighted by molar-refractivity contribution is -0.149. The third kappa shape index (κ3) is 5.51. The number of carbonyl (C=O) groups is 2. The number of nitrogens with one attached hydrogen (secondary N) is 1. The minimum atomic E-state index is -0.612. The largest absolute Gasteiger partial charge is 0.495 e. The van der Waals surface area contributed by atoms with Gasteiger partial charge in [0.25, 0.3) is 5.91 Å². The van der Waals surface area contributed by atoms with Gasteiger partial charge in [0.05, 0.1) is 12.8 Å². The Morgan fingerprint density at radius 2 is 1.62 bits per heavy atom. The summed E-state index contributed by atoms with van der Waals surface area (Å²) in [6.07, 6.45) is 0. The first kappa shape index (κ1) is 19.3. The highest BCUT2D eigenvalue weighted by Crippen LogP contribution is 2.26. The maximum absolute atomic E-state index is 11.9. The van der Waals surface area contributed by atoms with Gasteiger partial charge in [-0.1, -0.05) is 44.2 Å². The molecule has 0 radical (unpaired) electrons. The molecule has 2 aromatic carbocycles. The molecule has 26 heavy (non-hydrogen) atoms. The van der Waals surface area contributed by atoms with Gasteiger partial charge in [0.15, 0.2) is 13.2 Å². The van der Waals surface area contributed by atoms with E-state index >= 15 is 0 Å². The number of ether oxygens (including phenoxy) is 3. The summed E-state index contributed by atoms with van der Waals surface area (Å²) in [6.45, 7) is 3.43. The van der Waals surface area contributed by atoms with Crippen LogP contribution in [-0.2, 0) is 14.3 Å². The highest BCUT2D eigenvalue weighted by Gasteiger charge is 2.12. The fraction of sp³-hybridized carbons (Fsp3) is 0.300. The summed E-state index contributed by atoms with van der Waals surface area (Å²) in [5.41, 5.74) is 1.52. The highest BCUT2D eigenvalue weighted by molar-refractivity contribution is 5.94. The van der Waals surface area contributed by atoms with Gasteiger partial charge >= 0.3 is 5.97 Å². The number of anilines is 1. The van der Waals surface area contributed by atoms with E-state index in [0.29, 0.717) is 17.2 Å². The van der Waals surface area contributed by atoms with Crippen molar-refractivity contribution in [3.63, 3.8) is 0 Å². The Morgan fingerprint density at radius 3 is 2.31 bits per heavy atom. The number of carbonyl (C=O) groups excluding carboxylic acids is 2. The zero-order chi connectivity index (χ0) is 18.9. The molecule has 0 saturated heterocycles. The minimum absolute atomic E-state index is 0.258. The van der Waals surface area contributed by atoms with E-state index in [1.807, 2.05) is 32.0 Å². The van der Waals surface area contributed by atoms with Crippen molar-refractivity contribution >= 4 is 17.6 Å². The molecule has 0 spiro atoms. The van der Waals surface area contributed by atoms with E-state index in [1.54, 1.807) is 30.3 Å². The second-order valence-corrected chi connectivity index (χ2v) is 5.89. The van der Waals surface area contributed by atoms with Crippen LogP contribution >= 0.6 is 0 Å². The van der Waals surface area contributed by atoms with Crippen molar-refractivity contribution in [2.45, 2.75) is 19.8 Å². The molecule has 138 valence electrons. The van der Waals surface area contributed by atoms with Crippen molar-refractivity contribution in [2.75, 3.05) is 25.6 Å². The first-order valence-electron chi connectivity index (χ1n) is 8.31. The fourth-order valence-electron chi connectivity index (χ4n) is 2.35. The van der Waals surface area contributed by atoms with Crippen LogP contribution in [0, 0.1) is 0 Å². The van der Waals surface area contributed by atoms with E-state index in [9.17, 15) is 9.59 Å². The van der Waals surface area contributed by atoms with Gasteiger partial charge in [-0.2, -0.15) is 0 Å². The molecule has 1 amide bonds. The Morgan fingerprint density at radius 1 is 0.962 bits per heavy atom. The molecule has 0 fully saturated rings. The summed E-state index contributed by atoms with van der Waals surface area (Å²) in [4.78, 5) is 23.7. The van der Waals surface area contributed by atoms with E-state index in [2.05, 4.69) is 5.32 Å². The average molecular weight is 357 g/mol. The lowest BCUT2D eigenvalue weighted by Crippen LogP contribution is -2.24. The predicted octanol–water partition coefficient (Wildman–Crippen LogP) is 3.38. The van der Waals surface area contributed by atoms with Crippen molar-refractivity contribution in [3.8, 4) is 11.5 Å². The molecule has 0 saturated carbocycles. The van der Waals surface area contributed by atoms with Crippen molar-refractivity contribution in [1.29, 1.82) is 0 Å². The van der Waals surface area contributed by atoms with Gasteiger partial charge in [-0.25, -0.2) is 4.79 Å². The number of hydrogen-bond acceptors (Lipinski definition) is 5. The van der Waals surface area contributed by atoms with E-state index in [1.165, 1.54) is 7.11 Å². The number of rotatable bonds is 8. The van der Waals surface area contributed by atoms with Crippen LogP contribution in [0.3, 0.4) is 0 Å². The average Bonchev–Trinajstić information content (AvgIpc) is 2.65. The molecular formula is C20H23NO5. The van der Waals surface area contributed by atoms with Crippen molar-refractivity contribution in [2.24, 2.45) is 0 Å². The summed E-state index contributed by atoms with van der Waals surface area (Å²) >= 11 is 0. The lowest BCUT2D eigenvalue weighted by Gasteiger charge is -2.13. The van der Waals surface area contributed by atoms with Crippen LogP contribution in [0.15, 0.2) is 48.5 Å². The second kappa shape index (κ2) is 9.46. The maximum Gasteiger partial charge on any atom is 0.344 e. The van der Waals surface area contributed by atoms with Gasteiger partial charge in [0.1, 0.15) is 11.5 Å². The highest BCUT2D eigenvalue weighted by atomic mass is 16.6. The molecule has 0 aliphatic carbocycles. The Balaban J connectivity index is 1.81. The van der Waals surface area contributed by atoms with Crippen LogP contribution in [0.25, 0.3) is 0 Å². The minimum Gasteiger partial charge on any atom is -0.495 e. The van der Waals surface area contributed by atoms with E-state index in [4.69, 9.17) is 14.2 Å². The summed E-state index contributed by atoms with van der Waals surface area (Å²) in [6, 6.07) is 14.5. The number of amides is 1. The summed E-state index contributed by atoms with van der Waals surface area (Å²) in [7, 11) is 1.51. The normalized spacial score (nSPS) is 10.3. The Kier molecular flexibility index (Phi) is 7.02. The Bertz CT molecular complexity index is 757. The van der Waals surface area contributed by atoms with Crippen LogP contribution in [0.1, 0.15) is 25.3 Å². The van der Waals surface area contributed by atoms with Crippen LogP contribution in [0.5, 0.6) is 11.5 Å². The molecule has 0 bridgehead atoms. The number of methoxy groups -OCH3 is 1. The topological polar surface area (TPSA) is 73.9 Å². The first-order valence-corrected chi connectivity index (χ1v) is 8.31. The van der Waals surface area contributed by atoms with Crippen LogP contribution < -0.4 is 14.8 Å². The van der Waals surface area contributed by atoms with Crippen LogP contribution in [0.2, 0.25) is 0 Å². The molecule has 0 unspecified atom stereocenters. The smallest absolute Gasteiger partial charge is 0.344 e. The van der Waals surface area contributed by atoms with E-state index in [0.717, 1.165) is 5.56 Å². The SMILES string of the molecule is COc1ccccc1NC(=O)COC(=O)COc1ccccc1C(C)C. The van der Waals surface area contributed by atoms with E-state index < -0.39 is 18.5 Å². The fourth-order valence-corrected chi connectivity index (χ4v) is 2.35. The number of esters is 1. The second-order valence-electron chi connectivity index (χ2n) is 5.89. The molecule has 0 aliphatic heterocycles. The number of para-hydroxylation sites is 3. The maximum atomic E-state index is 11.9. The summed E-state index contributed by atoms with van der Waals surface area (Å²) in [5.74, 6) is 0.372. The van der Waals surface area contributed by atoms with Crippen LogP contribution in [-0.4, -0.2) is 32.2 Å². The third-order valence-electron chi connectivity index (χ3n) is 3.63. The van der Waals surface area contributed by atoms with Crippen molar-refractivity contribution in [3.05, 3.63) is 54.1 Å². The first-order chi connectivity index (χ1) is 12.5. The zero-order valence-electron chi connectivity index (χ0n) is 15.2. The third-order valence-corrected chi connectivity index (χ3v) is 3.63. The number of benzene rings is 2. The monoisotopic (exact) mass is 357 g/mol. The van der Waals surface area contributed by atoms with E-state index in [-0.39, 0.29) is 12.5 Å². The van der Waals surface area contributed by atoms with Gasteiger partial charge in [0, 0.05) is 0 Å². The molecule has 0 aliphatic rings. The Hall–Kier alpha value is -3.02. The molecule has 0 aromatic heterocycles. The molecular weight excluding hydrogens is 334 g/mol. The standard InChI is InChI=1S/C20H23NO5/c1-14(2)15-8-4-6-10-17(15)25-13-20(23)26-12-19(22)21-16-9-5-7-11-18(16)24-3/h4-11,14H,12-13H2,1-3H3,(H,21,22). The quantitative estimate of drug-likeness (QED) is 0.733. The zero-order valence-corrected chi connectivity index (χ0v) is 15.2. The molecule has 0 heterocycles. The van der Waals surface area contributed by atoms with Gasteiger partial charge in [0.2, 0.25) is 0 Å². The van der Waals surface area contributed by atoms with Gasteiger partial charge < -0.3 is 19.5 Å². The van der Waals surface area contributed by atoms with Gasteiger partial charge in [-0.3, -0.25) is 4.79 Å². The van der Waals surface area contributed by atoms with Crippen molar-refractivity contribution in [1.82, 2.24) is 0 Å². The molecule has 0 atom stereocenters. The molecule has 2 rings (SSSR count).